The Kier molecular flexibility index (Phi) is 5.39. The van der Waals surface area contributed by atoms with Crippen molar-refractivity contribution in [2.45, 2.75) is 6.04 Å². The van der Waals surface area contributed by atoms with E-state index in [0.29, 0.717) is 16.4 Å². The lowest BCUT2D eigenvalue weighted by Crippen LogP contribution is -2.31. The first-order valence-corrected chi connectivity index (χ1v) is 8.90. The van der Waals surface area contributed by atoms with Gasteiger partial charge in [-0.05, 0) is 58.5 Å². The SMILES string of the molecule is Cn1ccnc1C(NC(=O)c1ccc(Cl)cc1I)c1ccc(F)cc1. The summed E-state index contributed by atoms with van der Waals surface area (Å²) < 4.78 is 15.8. The summed E-state index contributed by atoms with van der Waals surface area (Å²) in [6, 6.07) is 10.6. The predicted octanol–water partition coefficient (Wildman–Crippen LogP) is 4.34. The molecule has 0 bridgehead atoms. The van der Waals surface area contributed by atoms with Gasteiger partial charge in [0.2, 0.25) is 0 Å². The number of carbonyl (C=O) groups excluding carboxylic acids is 1. The molecule has 0 fully saturated rings. The van der Waals surface area contributed by atoms with Crippen LogP contribution in [0.15, 0.2) is 54.9 Å². The smallest absolute Gasteiger partial charge is 0.253 e. The molecule has 7 heteroatoms. The molecule has 2 aromatic carbocycles. The van der Waals surface area contributed by atoms with E-state index in [-0.39, 0.29) is 11.7 Å². The van der Waals surface area contributed by atoms with Crippen LogP contribution in [0, 0.1) is 9.39 Å². The Morgan fingerprint density at radius 3 is 2.60 bits per heavy atom. The number of rotatable bonds is 4. The number of imidazole rings is 1. The van der Waals surface area contributed by atoms with Crippen molar-refractivity contribution in [2.75, 3.05) is 0 Å². The maximum atomic E-state index is 13.3. The molecule has 1 N–H and O–H groups in total. The molecule has 0 radical (unpaired) electrons. The molecule has 0 saturated carbocycles. The van der Waals surface area contributed by atoms with E-state index in [9.17, 15) is 9.18 Å². The number of benzene rings is 2. The van der Waals surface area contributed by atoms with Gasteiger partial charge in [-0.2, -0.15) is 0 Å². The zero-order valence-electron chi connectivity index (χ0n) is 13.2. The second-order valence-corrected chi connectivity index (χ2v) is 7.08. The molecule has 3 rings (SSSR count). The number of amides is 1. The number of nitrogens with zero attached hydrogens (tertiary/aromatic N) is 2. The van der Waals surface area contributed by atoms with E-state index in [1.54, 1.807) is 42.7 Å². The second kappa shape index (κ2) is 7.53. The number of carbonyl (C=O) groups is 1. The Morgan fingerprint density at radius 2 is 2.00 bits per heavy atom. The Hall–Kier alpha value is -1.93. The highest BCUT2D eigenvalue weighted by atomic mass is 127. The molecule has 1 aromatic heterocycles. The molecule has 0 aliphatic carbocycles. The number of halogens is 3. The molecular weight excluding hydrogens is 456 g/mol. The fourth-order valence-electron chi connectivity index (χ4n) is 2.49. The van der Waals surface area contributed by atoms with E-state index < -0.39 is 6.04 Å². The van der Waals surface area contributed by atoms with Gasteiger partial charge in [0.25, 0.3) is 5.91 Å². The van der Waals surface area contributed by atoms with Gasteiger partial charge in [-0.3, -0.25) is 4.79 Å². The van der Waals surface area contributed by atoms with E-state index in [0.717, 1.165) is 9.13 Å². The van der Waals surface area contributed by atoms with Crippen LogP contribution >= 0.6 is 34.2 Å². The molecule has 1 heterocycles. The van der Waals surface area contributed by atoms with Gasteiger partial charge in [0.1, 0.15) is 17.7 Å². The minimum absolute atomic E-state index is 0.251. The van der Waals surface area contributed by atoms with Crippen molar-refractivity contribution in [1.29, 1.82) is 0 Å². The highest BCUT2D eigenvalue weighted by Gasteiger charge is 2.22. The molecule has 1 atom stereocenters. The molecular formula is C18H14ClFIN3O. The van der Waals surface area contributed by atoms with Crippen molar-refractivity contribution >= 4 is 40.1 Å². The largest absolute Gasteiger partial charge is 0.338 e. The van der Waals surface area contributed by atoms with Crippen LogP contribution in [-0.2, 0) is 7.05 Å². The third kappa shape index (κ3) is 4.01. The van der Waals surface area contributed by atoms with Gasteiger partial charge >= 0.3 is 0 Å². The standard InChI is InChI=1S/C18H14ClFIN3O/c1-24-9-8-22-17(24)16(11-2-5-13(20)6-3-11)23-18(25)14-7-4-12(19)10-15(14)21/h2-10,16H,1H3,(H,23,25). The van der Waals surface area contributed by atoms with Crippen LogP contribution in [0.3, 0.4) is 0 Å². The second-order valence-electron chi connectivity index (χ2n) is 5.48. The van der Waals surface area contributed by atoms with E-state index >= 15 is 0 Å². The monoisotopic (exact) mass is 469 g/mol. The van der Waals surface area contributed by atoms with Crippen molar-refractivity contribution in [3.8, 4) is 0 Å². The lowest BCUT2D eigenvalue weighted by Gasteiger charge is -2.19. The summed E-state index contributed by atoms with van der Waals surface area (Å²) in [6.45, 7) is 0. The summed E-state index contributed by atoms with van der Waals surface area (Å²) in [5.41, 5.74) is 1.26. The van der Waals surface area contributed by atoms with Crippen molar-refractivity contribution in [3.05, 3.63) is 86.2 Å². The Labute approximate surface area is 163 Å². The summed E-state index contributed by atoms with van der Waals surface area (Å²) in [6.07, 6.45) is 3.45. The number of hydrogen-bond acceptors (Lipinski definition) is 2. The molecule has 0 saturated heterocycles. The fraction of sp³-hybridized carbons (Fsp3) is 0.111. The van der Waals surface area contributed by atoms with E-state index in [1.807, 2.05) is 11.6 Å². The van der Waals surface area contributed by atoms with Gasteiger partial charge < -0.3 is 9.88 Å². The van der Waals surface area contributed by atoms with Gasteiger partial charge in [-0.1, -0.05) is 23.7 Å². The minimum atomic E-state index is -0.500. The highest BCUT2D eigenvalue weighted by Crippen LogP contribution is 2.23. The molecule has 1 amide bonds. The number of hydrogen-bond donors (Lipinski definition) is 1. The van der Waals surface area contributed by atoms with Crippen molar-refractivity contribution in [3.63, 3.8) is 0 Å². The molecule has 0 aliphatic heterocycles. The molecule has 128 valence electrons. The van der Waals surface area contributed by atoms with Crippen molar-refractivity contribution < 1.29 is 9.18 Å². The quantitative estimate of drug-likeness (QED) is 0.578. The minimum Gasteiger partial charge on any atom is -0.338 e. The lowest BCUT2D eigenvalue weighted by atomic mass is 10.1. The fourth-order valence-corrected chi connectivity index (χ4v) is 3.61. The zero-order chi connectivity index (χ0) is 18.0. The van der Waals surface area contributed by atoms with Crippen LogP contribution in [-0.4, -0.2) is 15.5 Å². The third-order valence-electron chi connectivity index (χ3n) is 3.77. The number of aromatic nitrogens is 2. The van der Waals surface area contributed by atoms with Gasteiger partial charge in [-0.25, -0.2) is 9.37 Å². The van der Waals surface area contributed by atoms with Crippen LogP contribution in [0.5, 0.6) is 0 Å². The van der Waals surface area contributed by atoms with Gasteiger partial charge in [0.15, 0.2) is 0 Å². The Bertz CT molecular complexity index is 911. The van der Waals surface area contributed by atoms with Crippen LogP contribution in [0.4, 0.5) is 4.39 Å². The maximum absolute atomic E-state index is 13.3. The summed E-state index contributed by atoms with van der Waals surface area (Å²) in [7, 11) is 1.84. The van der Waals surface area contributed by atoms with Crippen LogP contribution in [0.25, 0.3) is 0 Å². The Morgan fingerprint density at radius 1 is 1.28 bits per heavy atom. The summed E-state index contributed by atoms with van der Waals surface area (Å²) in [5.74, 6) is 0.0724. The van der Waals surface area contributed by atoms with Gasteiger partial charge in [0.05, 0.1) is 5.56 Å². The van der Waals surface area contributed by atoms with Crippen molar-refractivity contribution in [1.82, 2.24) is 14.9 Å². The Balaban J connectivity index is 1.96. The molecule has 0 aliphatic rings. The lowest BCUT2D eigenvalue weighted by molar-refractivity contribution is 0.0940. The summed E-state index contributed by atoms with van der Waals surface area (Å²) >= 11 is 8.03. The number of nitrogens with one attached hydrogen (secondary N) is 1. The van der Waals surface area contributed by atoms with Crippen LogP contribution in [0.1, 0.15) is 27.8 Å². The van der Waals surface area contributed by atoms with Crippen molar-refractivity contribution in [2.24, 2.45) is 7.05 Å². The van der Waals surface area contributed by atoms with Gasteiger partial charge in [0, 0.05) is 28.0 Å². The average molecular weight is 470 g/mol. The normalized spacial score (nSPS) is 12.0. The van der Waals surface area contributed by atoms with Crippen LogP contribution in [0.2, 0.25) is 5.02 Å². The topological polar surface area (TPSA) is 46.9 Å². The number of aryl methyl sites for hydroxylation is 1. The van der Waals surface area contributed by atoms with E-state index in [4.69, 9.17) is 11.6 Å². The first kappa shape index (κ1) is 17.9. The predicted molar refractivity (Wildman–Crippen MR) is 103 cm³/mol. The molecule has 1 unspecified atom stereocenters. The van der Waals surface area contributed by atoms with Crippen LogP contribution < -0.4 is 5.32 Å². The first-order valence-electron chi connectivity index (χ1n) is 7.44. The summed E-state index contributed by atoms with van der Waals surface area (Å²) in [4.78, 5) is 17.1. The van der Waals surface area contributed by atoms with Gasteiger partial charge in [-0.15, -0.1) is 0 Å². The maximum Gasteiger partial charge on any atom is 0.253 e. The average Bonchev–Trinajstić information content (AvgIpc) is 2.99. The highest BCUT2D eigenvalue weighted by molar-refractivity contribution is 14.1. The zero-order valence-corrected chi connectivity index (χ0v) is 16.1. The van der Waals surface area contributed by atoms with E-state index in [2.05, 4.69) is 32.9 Å². The molecule has 0 spiro atoms. The molecule has 25 heavy (non-hydrogen) atoms. The molecule has 3 aromatic rings. The summed E-state index contributed by atoms with van der Waals surface area (Å²) in [5, 5.41) is 3.55. The van der Waals surface area contributed by atoms with E-state index in [1.165, 1.54) is 12.1 Å². The third-order valence-corrected chi connectivity index (χ3v) is 4.90. The molecule has 4 nitrogen and oxygen atoms in total. The first-order chi connectivity index (χ1) is 12.0.